The molecule has 8 heteroatoms. The van der Waals surface area contributed by atoms with E-state index in [1.807, 2.05) is 25.3 Å². The second kappa shape index (κ2) is 8.75. The Bertz CT molecular complexity index is 1270. The number of carbonyl (C=O) groups excluding carboxylic acids is 1. The maximum atomic E-state index is 13.2. The lowest BCUT2D eigenvalue weighted by Gasteiger charge is -2.32. The summed E-state index contributed by atoms with van der Waals surface area (Å²) in [7, 11) is 0. The number of ether oxygens (including phenoxy) is 1. The van der Waals surface area contributed by atoms with Crippen molar-refractivity contribution in [3.63, 3.8) is 0 Å². The molecule has 2 aliphatic rings. The molecule has 168 valence electrons. The van der Waals surface area contributed by atoms with Crippen LogP contribution in [-0.4, -0.2) is 52.8 Å². The van der Waals surface area contributed by atoms with Gasteiger partial charge in [-0.2, -0.15) is 0 Å². The van der Waals surface area contributed by atoms with Crippen molar-refractivity contribution >= 4 is 28.2 Å². The molecular formula is C25H24FN5O2. The third-order valence-electron chi connectivity index (χ3n) is 5.95. The Morgan fingerprint density at radius 2 is 2.03 bits per heavy atom. The van der Waals surface area contributed by atoms with Gasteiger partial charge in [-0.1, -0.05) is 5.92 Å². The summed E-state index contributed by atoms with van der Waals surface area (Å²) in [6.45, 7) is 6.35. The lowest BCUT2D eigenvalue weighted by atomic mass is 10.1. The number of hydrogen-bond acceptors (Lipinski definition) is 6. The summed E-state index contributed by atoms with van der Waals surface area (Å²) in [4.78, 5) is 27.6. The molecule has 1 aliphatic heterocycles. The Morgan fingerprint density at radius 3 is 2.76 bits per heavy atom. The second-order valence-corrected chi connectivity index (χ2v) is 8.50. The van der Waals surface area contributed by atoms with E-state index < -0.39 is 12.1 Å². The van der Waals surface area contributed by atoms with Crippen LogP contribution in [0.15, 0.2) is 36.8 Å². The van der Waals surface area contributed by atoms with Crippen LogP contribution in [0.4, 0.5) is 15.9 Å². The Balaban J connectivity index is 1.39. The third-order valence-corrected chi connectivity index (χ3v) is 5.95. The Kier molecular flexibility index (Phi) is 5.65. The molecule has 0 bridgehead atoms. The van der Waals surface area contributed by atoms with Crippen molar-refractivity contribution < 1.29 is 13.9 Å². The van der Waals surface area contributed by atoms with Gasteiger partial charge in [-0.25, -0.2) is 14.4 Å². The van der Waals surface area contributed by atoms with Crippen LogP contribution in [0.25, 0.3) is 10.8 Å². The van der Waals surface area contributed by atoms with Gasteiger partial charge in [-0.3, -0.25) is 9.78 Å². The molecule has 2 fully saturated rings. The number of anilines is 2. The van der Waals surface area contributed by atoms with Crippen LogP contribution in [0.2, 0.25) is 0 Å². The van der Waals surface area contributed by atoms with Crippen molar-refractivity contribution in [2.45, 2.75) is 32.5 Å². The van der Waals surface area contributed by atoms with Crippen molar-refractivity contribution in [3.05, 3.63) is 53.7 Å². The highest BCUT2D eigenvalue weighted by molar-refractivity contribution is 5.97. The van der Waals surface area contributed by atoms with E-state index in [4.69, 9.17) is 4.74 Å². The van der Waals surface area contributed by atoms with Gasteiger partial charge >= 0.3 is 0 Å². The number of fused-ring (bicyclic) bond motifs is 1. The average molecular weight is 445 g/mol. The van der Waals surface area contributed by atoms with Crippen molar-refractivity contribution in [2.75, 3.05) is 29.9 Å². The number of aromatic nitrogens is 3. The van der Waals surface area contributed by atoms with Crippen molar-refractivity contribution in [1.29, 1.82) is 0 Å². The molecule has 1 saturated heterocycles. The highest BCUT2D eigenvalue weighted by atomic mass is 19.1. The first kappa shape index (κ1) is 21.3. The number of amides is 1. The topological polar surface area (TPSA) is 80.2 Å². The molecule has 1 amide bonds. The molecule has 1 N–H and O–H groups in total. The number of carbonyl (C=O) groups is 1. The largest absolute Gasteiger partial charge is 0.375 e. The van der Waals surface area contributed by atoms with Crippen LogP contribution in [-0.2, 0) is 9.53 Å². The molecule has 4 heterocycles. The molecule has 0 aromatic carbocycles. The normalized spacial score (nSPS) is 21.9. The number of nitrogens with one attached hydrogen (secondary N) is 1. The zero-order chi connectivity index (χ0) is 22.9. The molecule has 1 saturated carbocycles. The lowest BCUT2D eigenvalue weighted by molar-refractivity contribution is -0.117. The molecule has 5 rings (SSSR count). The first-order valence-electron chi connectivity index (χ1n) is 11.0. The van der Waals surface area contributed by atoms with E-state index in [1.54, 1.807) is 18.5 Å². The summed E-state index contributed by atoms with van der Waals surface area (Å²) in [5, 5.41) is 4.38. The van der Waals surface area contributed by atoms with Gasteiger partial charge < -0.3 is 15.0 Å². The molecule has 0 spiro atoms. The van der Waals surface area contributed by atoms with Gasteiger partial charge in [0.15, 0.2) is 0 Å². The lowest BCUT2D eigenvalue weighted by Crippen LogP contribution is -2.41. The minimum Gasteiger partial charge on any atom is -0.375 e. The Morgan fingerprint density at radius 1 is 1.18 bits per heavy atom. The SMILES string of the molecule is Cc1ncc(C#Cc2ccc(N3CCO[C@@H](C)C3)cn2)c2cc(NC(=O)[C@@H]3C[C@@H]3F)ncc12. The minimum atomic E-state index is -1.05. The van der Waals surface area contributed by atoms with Gasteiger partial charge in [0, 0.05) is 41.9 Å². The minimum absolute atomic E-state index is 0.201. The van der Waals surface area contributed by atoms with Gasteiger partial charge in [0.05, 0.1) is 36.1 Å². The highest BCUT2D eigenvalue weighted by Gasteiger charge is 2.43. The molecule has 3 atom stereocenters. The van der Waals surface area contributed by atoms with Crippen molar-refractivity contribution in [2.24, 2.45) is 5.92 Å². The van der Waals surface area contributed by atoms with E-state index in [1.165, 1.54) is 0 Å². The fourth-order valence-electron chi connectivity index (χ4n) is 3.92. The summed E-state index contributed by atoms with van der Waals surface area (Å²) >= 11 is 0. The average Bonchev–Trinajstić information content (AvgIpc) is 3.56. The standard InChI is InChI=1S/C25H24FN5O2/c1-15-14-31(7-8-33-15)19-6-5-18(28-12-19)4-3-17-11-27-16(2)22-13-29-24(10-20(17)22)30-25(32)21-9-23(21)26/h5-6,10-13,15,21,23H,7-9,14H2,1-2H3,(H,29,30,32)/t15-,21+,23-/m0/s1. The first-order chi connectivity index (χ1) is 16.0. The number of halogens is 1. The molecule has 0 radical (unpaired) electrons. The molecule has 3 aromatic heterocycles. The number of pyridine rings is 3. The van der Waals surface area contributed by atoms with E-state index >= 15 is 0 Å². The maximum Gasteiger partial charge on any atom is 0.231 e. The summed E-state index contributed by atoms with van der Waals surface area (Å²) in [5.41, 5.74) is 3.22. The monoisotopic (exact) mass is 445 g/mol. The molecule has 1 aliphatic carbocycles. The number of aryl methyl sites for hydroxylation is 1. The zero-order valence-electron chi connectivity index (χ0n) is 18.5. The number of rotatable bonds is 3. The number of morpholine rings is 1. The smallest absolute Gasteiger partial charge is 0.231 e. The van der Waals surface area contributed by atoms with Crippen LogP contribution in [0, 0.1) is 24.7 Å². The van der Waals surface area contributed by atoms with E-state index in [0.717, 1.165) is 35.2 Å². The fraction of sp³-hybridized carbons (Fsp3) is 0.360. The van der Waals surface area contributed by atoms with Crippen LogP contribution in [0.5, 0.6) is 0 Å². The Labute approximate surface area is 191 Å². The molecule has 0 unspecified atom stereocenters. The van der Waals surface area contributed by atoms with Gasteiger partial charge in [0.2, 0.25) is 5.91 Å². The molecule has 33 heavy (non-hydrogen) atoms. The van der Waals surface area contributed by atoms with E-state index in [0.29, 0.717) is 23.7 Å². The number of alkyl halides is 1. The highest BCUT2D eigenvalue weighted by Crippen LogP contribution is 2.34. The predicted octanol–water partition coefficient (Wildman–Crippen LogP) is 3.25. The van der Waals surface area contributed by atoms with E-state index in [2.05, 4.69) is 43.9 Å². The fourth-order valence-corrected chi connectivity index (χ4v) is 3.92. The molecule has 7 nitrogen and oxygen atoms in total. The molecular weight excluding hydrogens is 421 g/mol. The molecule has 3 aromatic rings. The van der Waals surface area contributed by atoms with E-state index in [9.17, 15) is 9.18 Å². The summed E-state index contributed by atoms with van der Waals surface area (Å²) < 4.78 is 18.8. The van der Waals surface area contributed by atoms with Gasteiger partial charge in [0.25, 0.3) is 0 Å². The third kappa shape index (κ3) is 4.64. The number of nitrogens with zero attached hydrogens (tertiary/aromatic N) is 4. The van der Waals surface area contributed by atoms with Crippen molar-refractivity contribution in [1.82, 2.24) is 15.0 Å². The maximum absolute atomic E-state index is 13.2. The summed E-state index contributed by atoms with van der Waals surface area (Å²) in [6, 6.07) is 5.69. The quantitative estimate of drug-likeness (QED) is 0.624. The van der Waals surface area contributed by atoms with Crippen LogP contribution < -0.4 is 10.2 Å². The first-order valence-corrected chi connectivity index (χ1v) is 11.0. The van der Waals surface area contributed by atoms with Crippen LogP contribution in [0.1, 0.15) is 30.3 Å². The van der Waals surface area contributed by atoms with Gasteiger partial charge in [0.1, 0.15) is 17.7 Å². The van der Waals surface area contributed by atoms with Gasteiger partial charge in [-0.05, 0) is 44.4 Å². The van der Waals surface area contributed by atoms with Crippen LogP contribution in [0.3, 0.4) is 0 Å². The summed E-state index contributed by atoms with van der Waals surface area (Å²) in [6.07, 6.45) is 4.63. The second-order valence-electron chi connectivity index (χ2n) is 8.50. The zero-order valence-corrected chi connectivity index (χ0v) is 18.5. The summed E-state index contributed by atoms with van der Waals surface area (Å²) in [5.74, 6) is 5.72. The number of hydrogen-bond donors (Lipinski definition) is 1. The van der Waals surface area contributed by atoms with Crippen molar-refractivity contribution in [3.8, 4) is 11.8 Å². The van der Waals surface area contributed by atoms with Crippen LogP contribution >= 0.6 is 0 Å². The predicted molar refractivity (Wildman–Crippen MR) is 124 cm³/mol. The van der Waals surface area contributed by atoms with Gasteiger partial charge in [-0.15, -0.1) is 0 Å². The van der Waals surface area contributed by atoms with E-state index in [-0.39, 0.29) is 18.4 Å². The Hall–Kier alpha value is -3.57.